The van der Waals surface area contributed by atoms with Crippen molar-refractivity contribution >= 4 is 60.5 Å². The minimum Gasteiger partial charge on any atom is -0.207 e. The van der Waals surface area contributed by atoms with Crippen LogP contribution in [0.3, 0.4) is 0 Å². The molecule has 8 heteroatoms. The SMILES string of the molecule is O=S(=O)(c1cc(Cl)sc1Cl)N(CCBr)C1CCCCC1. The number of hydrogen-bond acceptors (Lipinski definition) is 3. The molecule has 20 heavy (non-hydrogen) atoms. The lowest BCUT2D eigenvalue weighted by Crippen LogP contribution is -2.42. The third-order valence-corrected chi connectivity index (χ3v) is 7.56. The zero-order chi connectivity index (χ0) is 14.8. The molecule has 0 aliphatic heterocycles. The van der Waals surface area contributed by atoms with Crippen LogP contribution < -0.4 is 0 Å². The third-order valence-electron chi connectivity index (χ3n) is 3.50. The highest BCUT2D eigenvalue weighted by Crippen LogP contribution is 2.37. The van der Waals surface area contributed by atoms with E-state index in [1.807, 2.05) is 0 Å². The van der Waals surface area contributed by atoms with Gasteiger partial charge in [0.25, 0.3) is 0 Å². The van der Waals surface area contributed by atoms with Crippen LogP contribution in [0.25, 0.3) is 0 Å². The molecule has 1 aliphatic rings. The van der Waals surface area contributed by atoms with Crippen molar-refractivity contribution < 1.29 is 8.42 Å². The number of halogens is 3. The molecule has 2 rings (SSSR count). The first-order chi connectivity index (χ1) is 9.46. The summed E-state index contributed by atoms with van der Waals surface area (Å²) in [6, 6.07) is 1.52. The number of alkyl halides is 1. The van der Waals surface area contributed by atoms with Gasteiger partial charge in [-0.05, 0) is 18.9 Å². The second-order valence-corrected chi connectivity index (χ2v) is 9.72. The van der Waals surface area contributed by atoms with Gasteiger partial charge in [-0.1, -0.05) is 58.4 Å². The maximum Gasteiger partial charge on any atom is 0.245 e. The molecule has 114 valence electrons. The van der Waals surface area contributed by atoms with Crippen molar-refractivity contribution in [3.63, 3.8) is 0 Å². The minimum absolute atomic E-state index is 0.0704. The molecule has 0 spiro atoms. The third kappa shape index (κ3) is 3.70. The van der Waals surface area contributed by atoms with Crippen molar-refractivity contribution in [3.8, 4) is 0 Å². The van der Waals surface area contributed by atoms with Gasteiger partial charge >= 0.3 is 0 Å². The molecule has 0 atom stereocenters. The highest BCUT2D eigenvalue weighted by molar-refractivity contribution is 9.09. The number of thiophene rings is 1. The molecule has 0 N–H and O–H groups in total. The van der Waals surface area contributed by atoms with Gasteiger partial charge in [0.2, 0.25) is 10.0 Å². The molecule has 1 aromatic heterocycles. The molecule has 0 saturated heterocycles. The van der Waals surface area contributed by atoms with Crippen molar-refractivity contribution in [2.45, 2.75) is 43.0 Å². The molecular formula is C12H16BrCl2NO2S2. The van der Waals surface area contributed by atoms with E-state index in [0.717, 1.165) is 37.0 Å². The summed E-state index contributed by atoms with van der Waals surface area (Å²) in [6.07, 6.45) is 5.18. The van der Waals surface area contributed by atoms with Crippen molar-refractivity contribution in [2.75, 3.05) is 11.9 Å². The van der Waals surface area contributed by atoms with Crippen LogP contribution in [-0.2, 0) is 10.0 Å². The largest absolute Gasteiger partial charge is 0.245 e. The molecule has 0 radical (unpaired) electrons. The number of hydrogen-bond donors (Lipinski definition) is 0. The Morgan fingerprint density at radius 1 is 1.30 bits per heavy atom. The summed E-state index contributed by atoms with van der Waals surface area (Å²) in [6.45, 7) is 0.455. The summed E-state index contributed by atoms with van der Waals surface area (Å²) in [5, 5.41) is 0.609. The molecule has 1 fully saturated rings. The molecule has 0 amide bonds. The highest BCUT2D eigenvalue weighted by atomic mass is 79.9. The fraction of sp³-hybridized carbons (Fsp3) is 0.667. The zero-order valence-electron chi connectivity index (χ0n) is 10.8. The van der Waals surface area contributed by atoms with Crippen molar-refractivity contribution in [1.29, 1.82) is 0 Å². The van der Waals surface area contributed by atoms with E-state index >= 15 is 0 Å². The smallest absolute Gasteiger partial charge is 0.207 e. The van der Waals surface area contributed by atoms with Crippen LogP contribution in [0, 0.1) is 0 Å². The highest BCUT2D eigenvalue weighted by Gasteiger charge is 2.34. The van der Waals surface area contributed by atoms with E-state index in [9.17, 15) is 8.42 Å². The Hall–Kier alpha value is 0.670. The maximum absolute atomic E-state index is 12.8. The van der Waals surface area contributed by atoms with Gasteiger partial charge in [-0.2, -0.15) is 4.31 Å². The van der Waals surface area contributed by atoms with Crippen LogP contribution in [0.1, 0.15) is 32.1 Å². The Labute approximate surface area is 142 Å². The van der Waals surface area contributed by atoms with Crippen LogP contribution in [0.15, 0.2) is 11.0 Å². The van der Waals surface area contributed by atoms with Gasteiger partial charge in [-0.3, -0.25) is 0 Å². The predicted molar refractivity (Wildman–Crippen MR) is 88.9 cm³/mol. The van der Waals surface area contributed by atoms with Gasteiger partial charge in [-0.15, -0.1) is 11.3 Å². The summed E-state index contributed by atoms with van der Waals surface area (Å²) < 4.78 is 27.9. The molecule has 0 bridgehead atoms. The number of sulfonamides is 1. The van der Waals surface area contributed by atoms with E-state index in [1.165, 1.54) is 12.5 Å². The Morgan fingerprint density at radius 2 is 1.95 bits per heavy atom. The topological polar surface area (TPSA) is 37.4 Å². The van der Waals surface area contributed by atoms with E-state index in [1.54, 1.807) is 4.31 Å². The quantitative estimate of drug-likeness (QED) is 0.643. The standard InChI is InChI=1S/C12H16BrCl2NO2S2/c13-6-7-16(9-4-2-1-3-5-9)20(17,18)10-8-11(14)19-12(10)15/h8-9H,1-7H2. The Bertz CT molecular complexity index is 556. The summed E-state index contributed by atoms with van der Waals surface area (Å²) in [7, 11) is -3.58. The van der Waals surface area contributed by atoms with Crippen LogP contribution in [0.5, 0.6) is 0 Å². The van der Waals surface area contributed by atoms with Crippen LogP contribution in [-0.4, -0.2) is 30.6 Å². The van der Waals surface area contributed by atoms with E-state index in [2.05, 4.69) is 15.9 Å². The number of rotatable bonds is 5. The predicted octanol–water partition coefficient (Wildman–Crippen LogP) is 4.77. The average Bonchev–Trinajstić information content (AvgIpc) is 2.76. The lowest BCUT2D eigenvalue weighted by molar-refractivity contribution is 0.263. The van der Waals surface area contributed by atoms with E-state index in [4.69, 9.17) is 23.2 Å². The molecule has 1 aliphatic carbocycles. The van der Waals surface area contributed by atoms with Gasteiger partial charge in [0, 0.05) is 17.9 Å². The first-order valence-corrected chi connectivity index (χ1v) is 10.6. The van der Waals surface area contributed by atoms with Gasteiger partial charge in [0.15, 0.2) is 0 Å². The Morgan fingerprint density at radius 3 is 2.45 bits per heavy atom. The molecule has 1 saturated carbocycles. The minimum atomic E-state index is -3.58. The van der Waals surface area contributed by atoms with Gasteiger partial charge < -0.3 is 0 Å². The fourth-order valence-corrected chi connectivity index (χ4v) is 7.00. The summed E-state index contributed by atoms with van der Waals surface area (Å²) in [5.41, 5.74) is 0. The maximum atomic E-state index is 12.8. The second-order valence-electron chi connectivity index (χ2n) is 4.79. The summed E-state index contributed by atoms with van der Waals surface area (Å²) in [4.78, 5) is 0.140. The number of nitrogens with zero attached hydrogens (tertiary/aromatic N) is 1. The van der Waals surface area contributed by atoms with E-state index in [-0.39, 0.29) is 15.3 Å². The summed E-state index contributed by atoms with van der Waals surface area (Å²) in [5.74, 6) is 0. The van der Waals surface area contributed by atoms with Crippen LogP contribution >= 0.6 is 50.5 Å². The monoisotopic (exact) mass is 419 g/mol. The van der Waals surface area contributed by atoms with E-state index in [0.29, 0.717) is 16.2 Å². The first-order valence-electron chi connectivity index (χ1n) is 6.49. The van der Waals surface area contributed by atoms with Crippen LogP contribution in [0.4, 0.5) is 0 Å². The zero-order valence-corrected chi connectivity index (χ0v) is 15.5. The first kappa shape index (κ1) is 17.0. The van der Waals surface area contributed by atoms with Crippen molar-refractivity contribution in [1.82, 2.24) is 4.31 Å². The Kier molecular flexibility index (Phi) is 6.21. The summed E-state index contributed by atoms with van der Waals surface area (Å²) >= 11 is 16.3. The van der Waals surface area contributed by atoms with Gasteiger partial charge in [-0.25, -0.2) is 8.42 Å². The van der Waals surface area contributed by atoms with Crippen molar-refractivity contribution in [3.05, 3.63) is 14.7 Å². The van der Waals surface area contributed by atoms with E-state index < -0.39 is 10.0 Å². The molecule has 1 heterocycles. The average molecular weight is 421 g/mol. The second kappa shape index (κ2) is 7.29. The molecule has 0 unspecified atom stereocenters. The Balaban J connectivity index is 2.33. The normalized spacial score (nSPS) is 17.8. The molecule has 3 nitrogen and oxygen atoms in total. The lowest BCUT2D eigenvalue weighted by atomic mass is 9.95. The molecule has 0 aromatic carbocycles. The van der Waals surface area contributed by atoms with Crippen molar-refractivity contribution in [2.24, 2.45) is 0 Å². The molecular weight excluding hydrogens is 405 g/mol. The van der Waals surface area contributed by atoms with Crippen LogP contribution in [0.2, 0.25) is 8.67 Å². The lowest BCUT2D eigenvalue weighted by Gasteiger charge is -2.32. The molecule has 1 aromatic rings. The fourth-order valence-electron chi connectivity index (χ4n) is 2.58. The van der Waals surface area contributed by atoms with Gasteiger partial charge in [0.05, 0.1) is 4.34 Å². The van der Waals surface area contributed by atoms with Gasteiger partial charge in [0.1, 0.15) is 9.23 Å².